The summed E-state index contributed by atoms with van der Waals surface area (Å²) in [4.78, 5) is 46.7. The van der Waals surface area contributed by atoms with E-state index in [-0.39, 0.29) is 23.3 Å². The van der Waals surface area contributed by atoms with Crippen molar-refractivity contribution in [3.05, 3.63) is 20.8 Å². The van der Waals surface area contributed by atoms with Gasteiger partial charge in [-0.2, -0.15) is 0 Å². The van der Waals surface area contributed by atoms with Crippen LogP contribution < -0.4 is 5.56 Å². The number of rotatable bonds is 4. The molecule has 0 radical (unpaired) electrons. The van der Waals surface area contributed by atoms with Crippen molar-refractivity contribution in [1.29, 1.82) is 0 Å². The third-order valence-electron chi connectivity index (χ3n) is 4.85. The number of aryl methyl sites for hydroxylation is 2. The van der Waals surface area contributed by atoms with Gasteiger partial charge in [-0.15, -0.1) is 11.3 Å². The third-order valence-corrected chi connectivity index (χ3v) is 6.97. The normalized spacial score (nSPS) is 14.6. The molecule has 0 unspecified atom stereocenters. The maximum absolute atomic E-state index is 12.7. The highest BCUT2D eigenvalue weighted by molar-refractivity contribution is 7.99. The van der Waals surface area contributed by atoms with E-state index < -0.39 is 0 Å². The third kappa shape index (κ3) is 4.02. The van der Waals surface area contributed by atoms with Gasteiger partial charge < -0.3 is 14.5 Å². The molecule has 28 heavy (non-hydrogen) atoms. The van der Waals surface area contributed by atoms with Crippen LogP contribution in [0, 0.1) is 13.8 Å². The van der Waals surface area contributed by atoms with Gasteiger partial charge in [-0.05, 0) is 26.3 Å². The summed E-state index contributed by atoms with van der Waals surface area (Å²) in [7, 11) is 1.69. The van der Waals surface area contributed by atoms with Crippen molar-refractivity contribution in [3.63, 3.8) is 0 Å². The highest BCUT2D eigenvalue weighted by atomic mass is 32.2. The Morgan fingerprint density at radius 3 is 2.46 bits per heavy atom. The van der Waals surface area contributed by atoms with Gasteiger partial charge in [0.05, 0.1) is 17.7 Å². The number of carbonyl (C=O) groups is 2. The van der Waals surface area contributed by atoms with Crippen molar-refractivity contribution in [3.8, 4) is 0 Å². The molecule has 3 rings (SSSR count). The molecule has 1 fully saturated rings. The number of hydrogen-bond donors (Lipinski definition) is 0. The topological polar surface area (TPSA) is 84.7 Å². The lowest BCUT2D eigenvalue weighted by Gasteiger charge is -2.34. The van der Waals surface area contributed by atoms with E-state index in [2.05, 4.69) is 4.98 Å². The molecule has 0 aromatic carbocycles. The number of nitrogens with zero attached hydrogens (tertiary/aromatic N) is 4. The van der Waals surface area contributed by atoms with Gasteiger partial charge in [0, 0.05) is 38.1 Å². The molecule has 1 aliphatic rings. The molecule has 0 N–H and O–H groups in total. The summed E-state index contributed by atoms with van der Waals surface area (Å²) in [6.45, 7) is 7.91. The van der Waals surface area contributed by atoms with E-state index in [1.54, 1.807) is 23.8 Å². The first-order valence-corrected chi connectivity index (χ1v) is 10.9. The summed E-state index contributed by atoms with van der Waals surface area (Å²) in [6.07, 6.45) is -0.335. The number of thioether (sulfide) groups is 1. The summed E-state index contributed by atoms with van der Waals surface area (Å²) in [5.41, 5.74) is 0.894. The van der Waals surface area contributed by atoms with Crippen LogP contribution in [0.3, 0.4) is 0 Å². The molecule has 152 valence electrons. The van der Waals surface area contributed by atoms with Crippen LogP contribution in [0.2, 0.25) is 0 Å². The zero-order chi connectivity index (χ0) is 20.4. The first-order valence-electron chi connectivity index (χ1n) is 9.12. The van der Waals surface area contributed by atoms with Crippen LogP contribution in [0.15, 0.2) is 9.95 Å². The van der Waals surface area contributed by atoms with Crippen LogP contribution in [0.4, 0.5) is 4.79 Å². The van der Waals surface area contributed by atoms with Crippen LogP contribution in [0.5, 0.6) is 0 Å². The fourth-order valence-electron chi connectivity index (χ4n) is 3.06. The van der Waals surface area contributed by atoms with Gasteiger partial charge >= 0.3 is 6.09 Å². The number of aromatic nitrogens is 2. The standard InChI is InChI=1S/C18H24N4O4S2/c1-5-26-18(25)22-8-6-21(7-9-22)13(23)10-27-17-19-15-14(16(24)20(17)4)11(2)12(3)28-15/h5-10H2,1-4H3. The highest BCUT2D eigenvalue weighted by Crippen LogP contribution is 2.28. The van der Waals surface area contributed by atoms with Crippen molar-refractivity contribution >= 4 is 45.3 Å². The van der Waals surface area contributed by atoms with E-state index in [1.165, 1.54) is 27.7 Å². The van der Waals surface area contributed by atoms with Crippen molar-refractivity contribution in [2.24, 2.45) is 7.05 Å². The monoisotopic (exact) mass is 424 g/mol. The Labute approximate surface area is 171 Å². The minimum Gasteiger partial charge on any atom is -0.450 e. The maximum atomic E-state index is 12.7. The second kappa shape index (κ2) is 8.52. The molecule has 2 amide bonds. The lowest BCUT2D eigenvalue weighted by Crippen LogP contribution is -2.51. The first-order chi connectivity index (χ1) is 13.3. The van der Waals surface area contributed by atoms with Crippen LogP contribution in [-0.2, 0) is 16.6 Å². The van der Waals surface area contributed by atoms with Gasteiger partial charge in [0.1, 0.15) is 4.83 Å². The van der Waals surface area contributed by atoms with E-state index in [4.69, 9.17) is 4.74 Å². The molecule has 2 aromatic rings. The van der Waals surface area contributed by atoms with E-state index in [1.807, 2.05) is 13.8 Å². The number of carbonyl (C=O) groups excluding carboxylic acids is 2. The minimum atomic E-state index is -0.335. The quantitative estimate of drug-likeness (QED) is 0.551. The second-order valence-electron chi connectivity index (χ2n) is 6.58. The van der Waals surface area contributed by atoms with Crippen LogP contribution in [0.25, 0.3) is 10.2 Å². The van der Waals surface area contributed by atoms with E-state index >= 15 is 0 Å². The summed E-state index contributed by atoms with van der Waals surface area (Å²) < 4.78 is 6.50. The Hall–Kier alpha value is -2.07. The Kier molecular flexibility index (Phi) is 6.29. The number of thiophene rings is 1. The Balaban J connectivity index is 1.63. The van der Waals surface area contributed by atoms with Gasteiger partial charge in [0.25, 0.3) is 5.56 Å². The average Bonchev–Trinajstić information content (AvgIpc) is 2.97. The zero-order valence-electron chi connectivity index (χ0n) is 16.5. The van der Waals surface area contributed by atoms with Gasteiger partial charge in [0.2, 0.25) is 5.91 Å². The van der Waals surface area contributed by atoms with E-state index in [0.717, 1.165) is 15.3 Å². The molecular formula is C18H24N4O4S2. The second-order valence-corrected chi connectivity index (χ2v) is 8.72. The summed E-state index contributed by atoms with van der Waals surface area (Å²) >= 11 is 2.77. The van der Waals surface area contributed by atoms with Crippen molar-refractivity contribution in [2.75, 3.05) is 38.5 Å². The molecule has 10 heteroatoms. The molecule has 0 atom stereocenters. The molecule has 0 bridgehead atoms. The smallest absolute Gasteiger partial charge is 0.409 e. The number of ether oxygens (including phenoxy) is 1. The molecule has 8 nitrogen and oxygen atoms in total. The first kappa shape index (κ1) is 20.7. The highest BCUT2D eigenvalue weighted by Gasteiger charge is 2.25. The maximum Gasteiger partial charge on any atom is 0.409 e. The Morgan fingerprint density at radius 2 is 1.82 bits per heavy atom. The molecule has 0 saturated carbocycles. The lowest BCUT2D eigenvalue weighted by molar-refractivity contribution is -0.129. The Morgan fingerprint density at radius 1 is 1.18 bits per heavy atom. The predicted molar refractivity (Wildman–Crippen MR) is 110 cm³/mol. The Bertz CT molecular complexity index is 961. The minimum absolute atomic E-state index is 0.0265. The summed E-state index contributed by atoms with van der Waals surface area (Å²) in [6, 6.07) is 0. The average molecular weight is 425 g/mol. The molecule has 2 aromatic heterocycles. The van der Waals surface area contributed by atoms with E-state index in [9.17, 15) is 14.4 Å². The van der Waals surface area contributed by atoms with Crippen LogP contribution in [-0.4, -0.2) is 69.9 Å². The van der Waals surface area contributed by atoms with Crippen LogP contribution in [0.1, 0.15) is 17.4 Å². The van der Waals surface area contributed by atoms with Gasteiger partial charge in [-0.25, -0.2) is 9.78 Å². The lowest BCUT2D eigenvalue weighted by atomic mass is 10.2. The number of piperazine rings is 1. The van der Waals surface area contributed by atoms with Crippen LogP contribution >= 0.6 is 23.1 Å². The van der Waals surface area contributed by atoms with Crippen molar-refractivity contribution in [1.82, 2.24) is 19.4 Å². The largest absolute Gasteiger partial charge is 0.450 e. The van der Waals surface area contributed by atoms with Gasteiger partial charge in [-0.1, -0.05) is 11.8 Å². The summed E-state index contributed by atoms with van der Waals surface area (Å²) in [5, 5.41) is 1.20. The van der Waals surface area contributed by atoms with Gasteiger partial charge in [-0.3, -0.25) is 14.2 Å². The van der Waals surface area contributed by atoms with E-state index in [0.29, 0.717) is 43.3 Å². The predicted octanol–water partition coefficient (Wildman–Crippen LogP) is 2.00. The SMILES string of the molecule is CCOC(=O)N1CCN(C(=O)CSc2nc3sc(C)c(C)c3c(=O)n2C)CC1. The van der Waals surface area contributed by atoms with Crippen molar-refractivity contribution in [2.45, 2.75) is 25.9 Å². The molecule has 3 heterocycles. The molecule has 1 saturated heterocycles. The van der Waals surface area contributed by atoms with Crippen molar-refractivity contribution < 1.29 is 14.3 Å². The fraction of sp³-hybridized carbons (Fsp3) is 0.556. The molecule has 0 aliphatic carbocycles. The number of hydrogen-bond acceptors (Lipinski definition) is 7. The fourth-order valence-corrected chi connectivity index (χ4v) is 5.00. The molecule has 0 spiro atoms. The molecular weight excluding hydrogens is 400 g/mol. The molecule has 1 aliphatic heterocycles. The van der Waals surface area contributed by atoms with Gasteiger partial charge in [0.15, 0.2) is 5.16 Å². The number of amides is 2. The zero-order valence-corrected chi connectivity index (χ0v) is 18.1. The summed E-state index contributed by atoms with van der Waals surface area (Å²) in [5.74, 6) is 0.176. The number of fused-ring (bicyclic) bond motifs is 1.